The summed E-state index contributed by atoms with van der Waals surface area (Å²) in [6.07, 6.45) is 7.07. The van der Waals surface area contributed by atoms with E-state index in [0.717, 1.165) is 12.8 Å². The average Bonchev–Trinajstić information content (AvgIpc) is 2.93. The van der Waals surface area contributed by atoms with Crippen molar-refractivity contribution >= 4 is 11.9 Å². The first kappa shape index (κ1) is 12.7. The summed E-state index contributed by atoms with van der Waals surface area (Å²) < 4.78 is 0. The molecule has 0 aliphatic heterocycles. The molecule has 3 N–H and O–H groups in total. The van der Waals surface area contributed by atoms with Crippen LogP contribution in [0.2, 0.25) is 0 Å². The highest BCUT2D eigenvalue weighted by Crippen LogP contribution is 2.48. The van der Waals surface area contributed by atoms with Crippen LogP contribution >= 0.6 is 0 Å². The summed E-state index contributed by atoms with van der Waals surface area (Å²) in [6, 6.07) is 0. The lowest BCUT2D eigenvalue weighted by atomic mass is 9.79. The second-order valence-electron chi connectivity index (χ2n) is 6.13. The van der Waals surface area contributed by atoms with Crippen molar-refractivity contribution in [3.05, 3.63) is 12.2 Å². The Morgan fingerprint density at radius 3 is 2.37 bits per heavy atom. The quantitative estimate of drug-likeness (QED) is 0.648. The third kappa shape index (κ3) is 2.06. The second-order valence-corrected chi connectivity index (χ2v) is 6.13. The second kappa shape index (κ2) is 4.34. The molecule has 19 heavy (non-hydrogen) atoms. The third-order valence-corrected chi connectivity index (χ3v) is 4.92. The standard InChI is InChI=1S/C14H19NO4/c16-12(15-7-14(19)4-1-5-14)10-8-2-3-9(6-8)11(10)13(17)18/h2-3,8-11,19H,1,4-7H2,(H,15,16)(H,17,18)/t8?,9?,10-,11+/m0/s1. The predicted octanol–water partition coefficient (Wildman–Crippen LogP) is 0.540. The fraction of sp³-hybridized carbons (Fsp3) is 0.714. The van der Waals surface area contributed by atoms with Crippen molar-refractivity contribution in [2.75, 3.05) is 6.54 Å². The Kier molecular flexibility index (Phi) is 2.89. The van der Waals surface area contributed by atoms with E-state index in [9.17, 15) is 19.8 Å². The van der Waals surface area contributed by atoms with Gasteiger partial charge in [0.25, 0.3) is 0 Å². The maximum Gasteiger partial charge on any atom is 0.307 e. The number of carbonyl (C=O) groups excluding carboxylic acids is 1. The van der Waals surface area contributed by atoms with Gasteiger partial charge in [-0.25, -0.2) is 0 Å². The summed E-state index contributed by atoms with van der Waals surface area (Å²) in [4.78, 5) is 23.5. The number of rotatable bonds is 4. The van der Waals surface area contributed by atoms with Crippen LogP contribution in [-0.2, 0) is 9.59 Å². The number of carboxylic acid groups (broad SMARTS) is 1. The molecule has 4 atom stereocenters. The van der Waals surface area contributed by atoms with E-state index in [-0.39, 0.29) is 24.3 Å². The van der Waals surface area contributed by atoms with Crippen LogP contribution in [0, 0.1) is 23.7 Å². The van der Waals surface area contributed by atoms with Gasteiger partial charge in [0.05, 0.1) is 17.4 Å². The van der Waals surface area contributed by atoms with E-state index >= 15 is 0 Å². The molecule has 0 aromatic rings. The average molecular weight is 265 g/mol. The molecule has 104 valence electrons. The number of carbonyl (C=O) groups is 2. The first-order valence-corrected chi connectivity index (χ1v) is 6.91. The Hall–Kier alpha value is -1.36. The molecule has 3 rings (SSSR count). The molecule has 1 amide bonds. The minimum absolute atomic E-state index is 0.00922. The molecule has 2 saturated carbocycles. The summed E-state index contributed by atoms with van der Waals surface area (Å²) in [6.45, 7) is 0.246. The molecule has 2 bridgehead atoms. The lowest BCUT2D eigenvalue weighted by Gasteiger charge is -2.37. The van der Waals surface area contributed by atoms with E-state index in [2.05, 4.69) is 5.32 Å². The van der Waals surface area contributed by atoms with Crippen LogP contribution in [0.25, 0.3) is 0 Å². The van der Waals surface area contributed by atoms with Crippen molar-refractivity contribution < 1.29 is 19.8 Å². The van der Waals surface area contributed by atoms with Gasteiger partial charge >= 0.3 is 5.97 Å². The van der Waals surface area contributed by atoms with Gasteiger partial charge in [-0.3, -0.25) is 9.59 Å². The number of hydrogen-bond donors (Lipinski definition) is 3. The Bertz CT molecular complexity index is 441. The third-order valence-electron chi connectivity index (χ3n) is 4.92. The topological polar surface area (TPSA) is 86.6 Å². The fourth-order valence-corrected chi connectivity index (χ4v) is 3.65. The zero-order chi connectivity index (χ0) is 13.6. The van der Waals surface area contributed by atoms with Crippen LogP contribution in [0.15, 0.2) is 12.2 Å². The van der Waals surface area contributed by atoms with Gasteiger partial charge in [0.15, 0.2) is 0 Å². The van der Waals surface area contributed by atoms with E-state index < -0.39 is 23.4 Å². The lowest BCUT2D eigenvalue weighted by molar-refractivity contribution is -0.148. The monoisotopic (exact) mass is 265 g/mol. The van der Waals surface area contributed by atoms with E-state index in [1.54, 1.807) is 0 Å². The molecular weight excluding hydrogens is 246 g/mol. The number of fused-ring (bicyclic) bond motifs is 2. The highest BCUT2D eigenvalue weighted by atomic mass is 16.4. The maximum absolute atomic E-state index is 12.2. The molecule has 0 spiro atoms. The molecule has 0 aromatic carbocycles. The smallest absolute Gasteiger partial charge is 0.307 e. The van der Waals surface area contributed by atoms with Gasteiger partial charge in [0, 0.05) is 6.54 Å². The van der Waals surface area contributed by atoms with E-state index in [0.29, 0.717) is 12.8 Å². The van der Waals surface area contributed by atoms with Gasteiger partial charge in [-0.1, -0.05) is 12.2 Å². The number of aliphatic carboxylic acids is 1. The number of aliphatic hydroxyl groups is 1. The zero-order valence-electron chi connectivity index (χ0n) is 10.7. The Morgan fingerprint density at radius 2 is 1.84 bits per heavy atom. The van der Waals surface area contributed by atoms with Crippen LogP contribution in [0.5, 0.6) is 0 Å². The van der Waals surface area contributed by atoms with E-state index in [1.165, 1.54) is 0 Å². The molecule has 0 heterocycles. The zero-order valence-corrected chi connectivity index (χ0v) is 10.7. The Morgan fingerprint density at radius 1 is 1.21 bits per heavy atom. The van der Waals surface area contributed by atoms with Gasteiger partial charge < -0.3 is 15.5 Å². The predicted molar refractivity (Wildman–Crippen MR) is 67.2 cm³/mol. The summed E-state index contributed by atoms with van der Waals surface area (Å²) in [5.41, 5.74) is -0.762. The van der Waals surface area contributed by atoms with Crippen molar-refractivity contribution in [3.63, 3.8) is 0 Å². The molecule has 5 nitrogen and oxygen atoms in total. The molecule has 2 unspecified atom stereocenters. The van der Waals surface area contributed by atoms with Crippen LogP contribution in [0.3, 0.4) is 0 Å². The number of hydrogen-bond acceptors (Lipinski definition) is 3. The molecule has 3 aliphatic carbocycles. The summed E-state index contributed by atoms with van der Waals surface area (Å²) in [5.74, 6) is -2.15. The molecule has 5 heteroatoms. The van der Waals surface area contributed by atoms with Gasteiger partial charge in [-0.05, 0) is 37.5 Å². The van der Waals surface area contributed by atoms with Crippen molar-refractivity contribution in [1.29, 1.82) is 0 Å². The van der Waals surface area contributed by atoms with Crippen molar-refractivity contribution in [1.82, 2.24) is 5.32 Å². The summed E-state index contributed by atoms with van der Waals surface area (Å²) in [7, 11) is 0. The minimum Gasteiger partial charge on any atom is -0.481 e. The van der Waals surface area contributed by atoms with E-state index in [4.69, 9.17) is 0 Å². The number of amides is 1. The van der Waals surface area contributed by atoms with Crippen molar-refractivity contribution in [3.8, 4) is 0 Å². The van der Waals surface area contributed by atoms with Gasteiger partial charge in [-0.15, -0.1) is 0 Å². The normalized spacial score (nSPS) is 37.9. The fourth-order valence-electron chi connectivity index (χ4n) is 3.65. The molecule has 0 saturated heterocycles. The van der Waals surface area contributed by atoms with Crippen LogP contribution < -0.4 is 5.32 Å². The number of nitrogens with one attached hydrogen (secondary N) is 1. The number of allylic oxidation sites excluding steroid dienone is 2. The summed E-state index contributed by atoms with van der Waals surface area (Å²) >= 11 is 0. The lowest BCUT2D eigenvalue weighted by Crippen LogP contribution is -2.50. The highest BCUT2D eigenvalue weighted by Gasteiger charge is 2.51. The van der Waals surface area contributed by atoms with E-state index in [1.807, 2.05) is 12.2 Å². The minimum atomic E-state index is -0.889. The van der Waals surface area contributed by atoms with Crippen LogP contribution in [0.4, 0.5) is 0 Å². The molecule has 0 radical (unpaired) electrons. The van der Waals surface area contributed by atoms with Gasteiger partial charge in [0.2, 0.25) is 5.91 Å². The van der Waals surface area contributed by atoms with Crippen molar-refractivity contribution in [2.45, 2.75) is 31.3 Å². The van der Waals surface area contributed by atoms with Gasteiger partial charge in [0.1, 0.15) is 0 Å². The van der Waals surface area contributed by atoms with Crippen LogP contribution in [0.1, 0.15) is 25.7 Å². The van der Waals surface area contributed by atoms with Crippen LogP contribution in [-0.4, -0.2) is 34.2 Å². The molecule has 0 aromatic heterocycles. The summed E-state index contributed by atoms with van der Waals surface area (Å²) in [5, 5.41) is 22.0. The first-order chi connectivity index (χ1) is 9.00. The molecule has 2 fully saturated rings. The maximum atomic E-state index is 12.2. The SMILES string of the molecule is O=C(O)[C@@H]1C2C=CC(C2)[C@@H]1C(=O)NCC1(O)CCC1. The molecule has 3 aliphatic rings. The highest BCUT2D eigenvalue weighted by molar-refractivity contribution is 5.86. The van der Waals surface area contributed by atoms with Gasteiger partial charge in [-0.2, -0.15) is 0 Å². The Balaban J connectivity index is 1.65. The largest absolute Gasteiger partial charge is 0.481 e. The Labute approximate surface area is 111 Å². The first-order valence-electron chi connectivity index (χ1n) is 6.91. The number of carboxylic acids is 1. The van der Waals surface area contributed by atoms with Crippen molar-refractivity contribution in [2.24, 2.45) is 23.7 Å². The molecular formula is C14H19NO4.